The largest absolute Gasteiger partial charge is 0.444 e. The van der Waals surface area contributed by atoms with Gasteiger partial charge in [-0.1, -0.05) is 11.6 Å². The standard InChI is InChI=1S/C14H11ClN4O4/c15-9-3-1-8(2-4-9)13-16-10(7-23-13)5-11(20)18-19-6-12(21)17-14(19)22/h1-4,7H,5-6H2,(H,18,20)(H,17,21,22). The van der Waals surface area contributed by atoms with Crippen LogP contribution in [0.5, 0.6) is 0 Å². The van der Waals surface area contributed by atoms with Gasteiger partial charge in [-0.3, -0.25) is 20.3 Å². The molecule has 1 fully saturated rings. The van der Waals surface area contributed by atoms with E-state index in [4.69, 9.17) is 16.0 Å². The van der Waals surface area contributed by atoms with E-state index in [1.54, 1.807) is 24.3 Å². The molecule has 9 heteroatoms. The van der Waals surface area contributed by atoms with Crippen LogP contribution in [0.1, 0.15) is 5.69 Å². The van der Waals surface area contributed by atoms with E-state index in [1.807, 2.05) is 0 Å². The van der Waals surface area contributed by atoms with E-state index < -0.39 is 17.8 Å². The van der Waals surface area contributed by atoms with Crippen molar-refractivity contribution in [3.63, 3.8) is 0 Å². The Balaban J connectivity index is 1.62. The second-order valence-electron chi connectivity index (χ2n) is 4.80. The molecular formula is C14H11ClN4O4. The number of nitrogens with one attached hydrogen (secondary N) is 2. The van der Waals surface area contributed by atoms with Gasteiger partial charge in [0.15, 0.2) is 0 Å². The minimum Gasteiger partial charge on any atom is -0.444 e. The maximum absolute atomic E-state index is 11.9. The molecule has 1 saturated heterocycles. The SMILES string of the molecule is O=C1CN(NC(=O)Cc2coc(-c3ccc(Cl)cc3)n2)C(=O)N1. The van der Waals surface area contributed by atoms with E-state index in [0.29, 0.717) is 16.6 Å². The fourth-order valence-corrected chi connectivity index (χ4v) is 2.13. The number of carbonyl (C=O) groups is 3. The summed E-state index contributed by atoms with van der Waals surface area (Å²) < 4.78 is 5.32. The van der Waals surface area contributed by atoms with Crippen molar-refractivity contribution in [1.29, 1.82) is 0 Å². The predicted octanol–water partition coefficient (Wildman–Crippen LogP) is 1.12. The van der Waals surface area contributed by atoms with Gasteiger partial charge in [0.2, 0.25) is 17.7 Å². The van der Waals surface area contributed by atoms with E-state index in [-0.39, 0.29) is 13.0 Å². The Kier molecular flexibility index (Phi) is 3.98. The molecule has 0 saturated carbocycles. The molecule has 0 bridgehead atoms. The van der Waals surface area contributed by atoms with Gasteiger partial charge in [0.25, 0.3) is 0 Å². The number of hydrazine groups is 1. The summed E-state index contributed by atoms with van der Waals surface area (Å²) in [5.41, 5.74) is 3.46. The highest BCUT2D eigenvalue weighted by atomic mass is 35.5. The summed E-state index contributed by atoms with van der Waals surface area (Å²) in [5, 5.41) is 3.56. The van der Waals surface area contributed by atoms with Crippen LogP contribution in [0.4, 0.5) is 4.79 Å². The molecule has 8 nitrogen and oxygen atoms in total. The molecule has 1 aliphatic rings. The first-order valence-electron chi connectivity index (χ1n) is 6.62. The molecule has 4 amide bonds. The van der Waals surface area contributed by atoms with Crippen molar-refractivity contribution in [2.45, 2.75) is 6.42 Å². The van der Waals surface area contributed by atoms with E-state index >= 15 is 0 Å². The van der Waals surface area contributed by atoms with Gasteiger partial charge in [0, 0.05) is 10.6 Å². The van der Waals surface area contributed by atoms with Crippen LogP contribution >= 0.6 is 11.6 Å². The first-order chi connectivity index (χ1) is 11.0. The molecule has 118 valence electrons. The summed E-state index contributed by atoms with van der Waals surface area (Å²) in [7, 11) is 0. The number of halogens is 1. The van der Waals surface area contributed by atoms with Crippen LogP contribution in [0, 0.1) is 0 Å². The normalized spacial score (nSPS) is 14.0. The maximum atomic E-state index is 11.9. The molecule has 2 N–H and O–H groups in total. The number of hydrogen-bond donors (Lipinski definition) is 2. The number of oxazole rings is 1. The van der Waals surface area contributed by atoms with Crippen molar-refractivity contribution in [2.24, 2.45) is 0 Å². The molecule has 2 heterocycles. The van der Waals surface area contributed by atoms with Crippen LogP contribution in [0.2, 0.25) is 5.02 Å². The summed E-state index contributed by atoms with van der Waals surface area (Å²) in [4.78, 5) is 38.4. The molecule has 0 spiro atoms. The molecular weight excluding hydrogens is 324 g/mol. The topological polar surface area (TPSA) is 105 Å². The quantitative estimate of drug-likeness (QED) is 0.815. The third kappa shape index (κ3) is 3.49. The number of nitrogens with zero attached hydrogens (tertiary/aromatic N) is 2. The molecule has 0 radical (unpaired) electrons. The van der Waals surface area contributed by atoms with Gasteiger partial charge in [0.1, 0.15) is 12.8 Å². The Labute approximate surface area is 135 Å². The highest BCUT2D eigenvalue weighted by Gasteiger charge is 2.28. The second-order valence-corrected chi connectivity index (χ2v) is 5.24. The zero-order valence-corrected chi connectivity index (χ0v) is 12.5. The second kappa shape index (κ2) is 6.09. The van der Waals surface area contributed by atoms with Gasteiger partial charge in [-0.2, -0.15) is 0 Å². The lowest BCUT2D eigenvalue weighted by atomic mass is 10.2. The third-order valence-corrected chi connectivity index (χ3v) is 3.29. The average Bonchev–Trinajstić information content (AvgIpc) is 3.07. The minimum absolute atomic E-state index is 0.0882. The smallest absolute Gasteiger partial charge is 0.343 e. The van der Waals surface area contributed by atoms with Crippen molar-refractivity contribution in [3.05, 3.63) is 41.2 Å². The number of carbonyl (C=O) groups excluding carboxylic acids is 3. The molecule has 3 rings (SSSR count). The average molecular weight is 335 g/mol. The summed E-state index contributed by atoms with van der Waals surface area (Å²) in [5.74, 6) is -0.592. The Hall–Kier alpha value is -2.87. The monoisotopic (exact) mass is 334 g/mol. The van der Waals surface area contributed by atoms with Gasteiger partial charge in [0.05, 0.1) is 12.1 Å². The molecule has 1 aromatic heterocycles. The molecule has 0 unspecified atom stereocenters. The Morgan fingerprint density at radius 1 is 1.35 bits per heavy atom. The number of amides is 4. The van der Waals surface area contributed by atoms with E-state index in [2.05, 4.69) is 15.7 Å². The fraction of sp³-hybridized carbons (Fsp3) is 0.143. The van der Waals surface area contributed by atoms with Crippen molar-refractivity contribution < 1.29 is 18.8 Å². The molecule has 0 aliphatic carbocycles. The van der Waals surface area contributed by atoms with Crippen LogP contribution < -0.4 is 10.7 Å². The first-order valence-corrected chi connectivity index (χ1v) is 7.00. The first kappa shape index (κ1) is 15.0. The Bertz CT molecular complexity index is 771. The lowest BCUT2D eigenvalue weighted by Crippen LogP contribution is -2.44. The third-order valence-electron chi connectivity index (χ3n) is 3.04. The highest BCUT2D eigenvalue weighted by Crippen LogP contribution is 2.21. The minimum atomic E-state index is -0.662. The summed E-state index contributed by atoms with van der Waals surface area (Å²) in [6.07, 6.45) is 1.27. The van der Waals surface area contributed by atoms with Gasteiger partial charge < -0.3 is 4.42 Å². The fourth-order valence-electron chi connectivity index (χ4n) is 2.00. The summed E-state index contributed by atoms with van der Waals surface area (Å²) >= 11 is 5.81. The van der Waals surface area contributed by atoms with Gasteiger partial charge in [-0.25, -0.2) is 14.8 Å². The number of aromatic nitrogens is 1. The van der Waals surface area contributed by atoms with Crippen molar-refractivity contribution in [1.82, 2.24) is 20.7 Å². The molecule has 0 atom stereocenters. The van der Waals surface area contributed by atoms with Gasteiger partial charge in [-0.15, -0.1) is 0 Å². The highest BCUT2D eigenvalue weighted by molar-refractivity contribution is 6.30. The van der Waals surface area contributed by atoms with Crippen LogP contribution in [0.3, 0.4) is 0 Å². The summed E-state index contributed by atoms with van der Waals surface area (Å²) in [6, 6.07) is 6.24. The van der Waals surface area contributed by atoms with Crippen molar-refractivity contribution in [2.75, 3.05) is 6.54 Å². The molecule has 1 aliphatic heterocycles. The van der Waals surface area contributed by atoms with Crippen LogP contribution in [0.15, 0.2) is 34.9 Å². The molecule has 23 heavy (non-hydrogen) atoms. The van der Waals surface area contributed by atoms with Crippen LogP contribution in [-0.2, 0) is 16.0 Å². The number of benzene rings is 1. The van der Waals surface area contributed by atoms with E-state index in [0.717, 1.165) is 10.6 Å². The lowest BCUT2D eigenvalue weighted by molar-refractivity contribution is -0.124. The predicted molar refractivity (Wildman–Crippen MR) is 79.0 cm³/mol. The lowest BCUT2D eigenvalue weighted by Gasteiger charge is -2.13. The zero-order chi connectivity index (χ0) is 16.4. The number of urea groups is 1. The van der Waals surface area contributed by atoms with Gasteiger partial charge >= 0.3 is 6.03 Å². The molecule has 1 aromatic carbocycles. The van der Waals surface area contributed by atoms with Crippen molar-refractivity contribution in [3.8, 4) is 11.5 Å². The van der Waals surface area contributed by atoms with E-state index in [9.17, 15) is 14.4 Å². The van der Waals surface area contributed by atoms with Crippen LogP contribution in [-0.4, -0.2) is 34.4 Å². The Morgan fingerprint density at radius 3 is 2.74 bits per heavy atom. The van der Waals surface area contributed by atoms with Crippen molar-refractivity contribution >= 4 is 29.4 Å². The zero-order valence-electron chi connectivity index (χ0n) is 11.7. The maximum Gasteiger partial charge on any atom is 0.343 e. The number of hydrogen-bond acceptors (Lipinski definition) is 5. The summed E-state index contributed by atoms with van der Waals surface area (Å²) in [6.45, 7) is -0.209. The number of rotatable bonds is 4. The van der Waals surface area contributed by atoms with Crippen LogP contribution in [0.25, 0.3) is 11.5 Å². The molecule has 2 aromatic rings. The van der Waals surface area contributed by atoms with Gasteiger partial charge in [-0.05, 0) is 24.3 Å². The van der Waals surface area contributed by atoms with E-state index in [1.165, 1.54) is 6.26 Å². The Morgan fingerprint density at radius 2 is 2.09 bits per heavy atom. The number of imide groups is 1.